The number of nitrogens with two attached hydrogens (primary N) is 1. The van der Waals surface area contributed by atoms with E-state index in [1.807, 2.05) is 27.7 Å². The molecule has 0 aliphatic carbocycles. The second kappa shape index (κ2) is 7.61. The van der Waals surface area contributed by atoms with Crippen LogP contribution >= 0.6 is 0 Å². The van der Waals surface area contributed by atoms with Gasteiger partial charge in [-0.1, -0.05) is 20.3 Å². The highest BCUT2D eigenvalue weighted by Crippen LogP contribution is 2.28. The number of hydrogen-bond donors (Lipinski definition) is 2. The molecule has 4 heteroatoms. The standard InChI is InChI=1S/C18H39NO3/c1-10-11-15(3,4)22-13-18(9,19)17(7,8)21-12-14(2)16(5,6)20/h14,20H,10-13,19H2,1-9H3. The summed E-state index contributed by atoms with van der Waals surface area (Å²) in [6, 6.07) is 0. The fourth-order valence-corrected chi connectivity index (χ4v) is 1.90. The maximum Gasteiger partial charge on any atom is 0.0825 e. The van der Waals surface area contributed by atoms with E-state index in [4.69, 9.17) is 15.2 Å². The lowest BCUT2D eigenvalue weighted by Crippen LogP contribution is -2.61. The van der Waals surface area contributed by atoms with Crippen molar-refractivity contribution in [2.24, 2.45) is 11.7 Å². The lowest BCUT2D eigenvalue weighted by atomic mass is 9.84. The Labute approximate surface area is 137 Å². The van der Waals surface area contributed by atoms with Gasteiger partial charge in [-0.25, -0.2) is 0 Å². The Morgan fingerprint density at radius 2 is 1.50 bits per heavy atom. The molecule has 134 valence electrons. The predicted octanol–water partition coefficient (Wildman–Crippen LogP) is 3.50. The first kappa shape index (κ1) is 21.8. The van der Waals surface area contributed by atoms with E-state index < -0.39 is 16.7 Å². The third-order valence-electron chi connectivity index (χ3n) is 4.89. The van der Waals surface area contributed by atoms with Crippen LogP contribution in [0.3, 0.4) is 0 Å². The van der Waals surface area contributed by atoms with Gasteiger partial charge in [-0.2, -0.15) is 0 Å². The van der Waals surface area contributed by atoms with Crippen molar-refractivity contribution in [2.45, 2.75) is 97.5 Å². The zero-order chi connectivity index (χ0) is 17.8. The third-order valence-corrected chi connectivity index (χ3v) is 4.89. The van der Waals surface area contributed by atoms with Gasteiger partial charge in [0.15, 0.2) is 0 Å². The number of aliphatic hydroxyl groups is 1. The van der Waals surface area contributed by atoms with Crippen LogP contribution in [0, 0.1) is 5.92 Å². The van der Waals surface area contributed by atoms with E-state index in [2.05, 4.69) is 20.8 Å². The SMILES string of the molecule is CCCC(C)(C)OCC(C)(N)C(C)(C)OCC(C)C(C)(C)O. The van der Waals surface area contributed by atoms with Gasteiger partial charge in [-0.3, -0.25) is 0 Å². The fraction of sp³-hybridized carbons (Fsp3) is 1.00. The summed E-state index contributed by atoms with van der Waals surface area (Å²) in [7, 11) is 0. The first-order valence-electron chi connectivity index (χ1n) is 8.44. The van der Waals surface area contributed by atoms with Gasteiger partial charge in [0, 0.05) is 5.92 Å². The average molecular weight is 318 g/mol. The molecule has 22 heavy (non-hydrogen) atoms. The number of rotatable bonds is 10. The van der Waals surface area contributed by atoms with E-state index in [0.717, 1.165) is 12.8 Å². The van der Waals surface area contributed by atoms with Crippen LogP contribution in [0.4, 0.5) is 0 Å². The molecule has 4 nitrogen and oxygen atoms in total. The topological polar surface area (TPSA) is 64.7 Å². The van der Waals surface area contributed by atoms with Gasteiger partial charge >= 0.3 is 0 Å². The third kappa shape index (κ3) is 6.95. The summed E-state index contributed by atoms with van der Waals surface area (Å²) in [5.74, 6) is 0.0278. The van der Waals surface area contributed by atoms with Crippen LogP contribution in [-0.4, -0.2) is 40.7 Å². The Morgan fingerprint density at radius 3 is 1.91 bits per heavy atom. The summed E-state index contributed by atoms with van der Waals surface area (Å²) >= 11 is 0. The van der Waals surface area contributed by atoms with E-state index in [1.165, 1.54) is 0 Å². The molecule has 2 atom stereocenters. The van der Waals surface area contributed by atoms with Crippen LogP contribution in [0.25, 0.3) is 0 Å². The Kier molecular flexibility index (Phi) is 7.55. The van der Waals surface area contributed by atoms with Crippen molar-refractivity contribution in [1.82, 2.24) is 0 Å². The summed E-state index contributed by atoms with van der Waals surface area (Å²) < 4.78 is 12.1. The molecule has 0 aliphatic rings. The maximum atomic E-state index is 10.0. The van der Waals surface area contributed by atoms with Crippen LogP contribution in [-0.2, 0) is 9.47 Å². The van der Waals surface area contributed by atoms with Gasteiger partial charge in [0.25, 0.3) is 0 Å². The minimum absolute atomic E-state index is 0.0278. The zero-order valence-corrected chi connectivity index (χ0v) is 16.2. The molecule has 0 saturated carbocycles. The Bertz CT molecular complexity index is 330. The molecule has 3 N–H and O–H groups in total. The molecule has 0 aromatic carbocycles. The Balaban J connectivity index is 4.66. The lowest BCUT2D eigenvalue weighted by molar-refractivity contribution is -0.137. The highest BCUT2D eigenvalue weighted by molar-refractivity contribution is 4.97. The molecule has 0 amide bonds. The molecule has 0 spiro atoms. The minimum Gasteiger partial charge on any atom is -0.390 e. The molecule has 0 heterocycles. The largest absolute Gasteiger partial charge is 0.390 e. The normalized spacial score (nSPS) is 18.1. The van der Waals surface area contributed by atoms with Crippen LogP contribution in [0.5, 0.6) is 0 Å². The van der Waals surface area contributed by atoms with E-state index in [-0.39, 0.29) is 11.5 Å². The van der Waals surface area contributed by atoms with Crippen molar-refractivity contribution in [3.05, 3.63) is 0 Å². The van der Waals surface area contributed by atoms with Crippen LogP contribution in [0.1, 0.15) is 75.2 Å². The second-order valence-corrected chi connectivity index (χ2v) is 8.59. The summed E-state index contributed by atoms with van der Waals surface area (Å²) in [5.41, 5.74) is 4.38. The molecule has 0 aromatic heterocycles. The lowest BCUT2D eigenvalue weighted by Gasteiger charge is -2.43. The molecule has 0 bridgehead atoms. The van der Waals surface area contributed by atoms with Gasteiger partial charge in [0.2, 0.25) is 0 Å². The van der Waals surface area contributed by atoms with Crippen molar-refractivity contribution in [3.63, 3.8) is 0 Å². The molecule has 0 fully saturated rings. The van der Waals surface area contributed by atoms with Crippen molar-refractivity contribution in [2.75, 3.05) is 13.2 Å². The smallest absolute Gasteiger partial charge is 0.0825 e. The van der Waals surface area contributed by atoms with E-state index in [1.54, 1.807) is 13.8 Å². The zero-order valence-electron chi connectivity index (χ0n) is 16.2. The van der Waals surface area contributed by atoms with Gasteiger partial charge in [0.05, 0.1) is 35.6 Å². The Hall–Kier alpha value is -0.160. The van der Waals surface area contributed by atoms with E-state index >= 15 is 0 Å². The molecular weight excluding hydrogens is 278 g/mol. The van der Waals surface area contributed by atoms with E-state index in [0.29, 0.717) is 13.2 Å². The average Bonchev–Trinajstić information content (AvgIpc) is 2.32. The highest BCUT2D eigenvalue weighted by Gasteiger charge is 2.41. The van der Waals surface area contributed by atoms with E-state index in [9.17, 15) is 5.11 Å². The summed E-state index contributed by atoms with van der Waals surface area (Å²) in [5, 5.41) is 10.0. The highest BCUT2D eigenvalue weighted by atomic mass is 16.5. The van der Waals surface area contributed by atoms with Gasteiger partial charge in [0.1, 0.15) is 0 Å². The Morgan fingerprint density at radius 1 is 1.00 bits per heavy atom. The summed E-state index contributed by atoms with van der Waals surface area (Å²) in [6.45, 7) is 18.7. The quantitative estimate of drug-likeness (QED) is 0.647. The van der Waals surface area contributed by atoms with Crippen LogP contribution in [0.15, 0.2) is 0 Å². The van der Waals surface area contributed by atoms with Crippen LogP contribution in [0.2, 0.25) is 0 Å². The fourth-order valence-electron chi connectivity index (χ4n) is 1.90. The number of hydrogen-bond acceptors (Lipinski definition) is 4. The van der Waals surface area contributed by atoms with Crippen molar-refractivity contribution in [3.8, 4) is 0 Å². The molecule has 2 unspecified atom stereocenters. The summed E-state index contributed by atoms with van der Waals surface area (Å²) in [4.78, 5) is 0. The first-order valence-corrected chi connectivity index (χ1v) is 8.44. The van der Waals surface area contributed by atoms with Gasteiger partial charge in [-0.15, -0.1) is 0 Å². The molecule has 0 aliphatic heterocycles. The monoisotopic (exact) mass is 317 g/mol. The van der Waals surface area contributed by atoms with Crippen molar-refractivity contribution >= 4 is 0 Å². The van der Waals surface area contributed by atoms with Gasteiger partial charge < -0.3 is 20.3 Å². The molecule has 0 aromatic rings. The first-order chi connectivity index (χ1) is 9.65. The van der Waals surface area contributed by atoms with Gasteiger partial charge in [-0.05, 0) is 54.9 Å². The van der Waals surface area contributed by atoms with Crippen molar-refractivity contribution < 1.29 is 14.6 Å². The maximum absolute atomic E-state index is 10.0. The second-order valence-electron chi connectivity index (χ2n) is 8.59. The minimum atomic E-state index is -0.763. The predicted molar refractivity (Wildman–Crippen MR) is 93.0 cm³/mol. The molecule has 0 rings (SSSR count). The van der Waals surface area contributed by atoms with Crippen molar-refractivity contribution in [1.29, 1.82) is 0 Å². The molecule has 0 saturated heterocycles. The number of ether oxygens (including phenoxy) is 2. The summed E-state index contributed by atoms with van der Waals surface area (Å²) in [6.07, 6.45) is 2.08. The van der Waals surface area contributed by atoms with Crippen LogP contribution < -0.4 is 5.73 Å². The molecule has 0 radical (unpaired) electrons. The molecular formula is C18H39NO3.